The Morgan fingerprint density at radius 1 is 1.07 bits per heavy atom. The fraction of sp³-hybridized carbons (Fsp3) is 0.0952. The van der Waals surface area contributed by atoms with Crippen molar-refractivity contribution in [1.82, 2.24) is 10.3 Å². The molecule has 0 saturated carbocycles. The molecule has 0 radical (unpaired) electrons. The molecule has 0 aliphatic rings. The van der Waals surface area contributed by atoms with Crippen molar-refractivity contribution >= 4 is 41.0 Å². The number of thiazole rings is 1. The van der Waals surface area contributed by atoms with Crippen molar-refractivity contribution in [2.75, 3.05) is 19.5 Å². The molecule has 6 nitrogen and oxygen atoms in total. The molecule has 0 saturated heterocycles. The van der Waals surface area contributed by atoms with Gasteiger partial charge in [0.05, 0.1) is 13.3 Å². The second-order valence-corrected chi connectivity index (χ2v) is 6.85. The van der Waals surface area contributed by atoms with E-state index in [1.807, 2.05) is 36.4 Å². The van der Waals surface area contributed by atoms with E-state index in [9.17, 15) is 9.59 Å². The molecule has 0 bridgehead atoms. The van der Waals surface area contributed by atoms with Crippen LogP contribution in [0.15, 0.2) is 54.7 Å². The number of hydrogen-bond donors (Lipinski definition) is 2. The Kier molecular flexibility index (Phi) is 6.18. The second kappa shape index (κ2) is 8.96. The van der Waals surface area contributed by atoms with Crippen LogP contribution in [0.25, 0.3) is 12.2 Å². The minimum atomic E-state index is -0.195. The molecule has 3 rings (SSSR count). The van der Waals surface area contributed by atoms with Gasteiger partial charge in [-0.25, -0.2) is 4.98 Å². The minimum Gasteiger partial charge on any atom is -0.497 e. The molecule has 0 unspecified atom stereocenters. The van der Waals surface area contributed by atoms with Crippen LogP contribution in [0.1, 0.15) is 30.6 Å². The number of hydrogen-bond acceptors (Lipinski definition) is 5. The predicted octanol–water partition coefficient (Wildman–Crippen LogP) is 3.93. The SMILES string of the molecule is CNC(=O)c1cnc(/C=C/c2cccc(NC(=O)c3ccc(OC)cc3)c2)s1. The number of amides is 2. The van der Waals surface area contributed by atoms with E-state index in [1.54, 1.807) is 44.6 Å². The Hall–Kier alpha value is -3.45. The summed E-state index contributed by atoms with van der Waals surface area (Å²) in [5.41, 5.74) is 2.14. The van der Waals surface area contributed by atoms with Crippen LogP contribution >= 0.6 is 11.3 Å². The Morgan fingerprint density at radius 2 is 1.86 bits per heavy atom. The van der Waals surface area contributed by atoms with E-state index in [1.165, 1.54) is 11.3 Å². The number of aromatic nitrogens is 1. The van der Waals surface area contributed by atoms with Crippen LogP contribution < -0.4 is 15.4 Å². The van der Waals surface area contributed by atoms with Gasteiger partial charge in [-0.15, -0.1) is 11.3 Å². The van der Waals surface area contributed by atoms with Crippen molar-refractivity contribution in [3.05, 3.63) is 75.7 Å². The van der Waals surface area contributed by atoms with Crippen LogP contribution in [0.2, 0.25) is 0 Å². The van der Waals surface area contributed by atoms with E-state index < -0.39 is 0 Å². The van der Waals surface area contributed by atoms with E-state index >= 15 is 0 Å². The second-order valence-electron chi connectivity index (χ2n) is 5.78. The molecule has 2 N–H and O–H groups in total. The maximum atomic E-state index is 12.4. The van der Waals surface area contributed by atoms with Crippen LogP contribution in [0, 0.1) is 0 Å². The zero-order chi connectivity index (χ0) is 19.9. The van der Waals surface area contributed by atoms with E-state index in [0.29, 0.717) is 21.9 Å². The number of benzene rings is 2. The molecule has 0 fully saturated rings. The fourth-order valence-corrected chi connectivity index (χ4v) is 3.19. The normalized spacial score (nSPS) is 10.6. The highest BCUT2D eigenvalue weighted by Gasteiger charge is 2.08. The lowest BCUT2D eigenvalue weighted by atomic mass is 10.1. The summed E-state index contributed by atoms with van der Waals surface area (Å²) in [7, 11) is 3.17. The first-order chi connectivity index (χ1) is 13.6. The van der Waals surface area contributed by atoms with E-state index in [4.69, 9.17) is 4.74 Å². The average molecular weight is 393 g/mol. The van der Waals surface area contributed by atoms with Crippen molar-refractivity contribution in [3.8, 4) is 5.75 Å². The summed E-state index contributed by atoms with van der Waals surface area (Å²) >= 11 is 1.31. The van der Waals surface area contributed by atoms with Crippen molar-refractivity contribution in [2.45, 2.75) is 0 Å². The van der Waals surface area contributed by atoms with Crippen molar-refractivity contribution in [2.24, 2.45) is 0 Å². The number of nitrogens with zero attached hydrogens (tertiary/aromatic N) is 1. The minimum absolute atomic E-state index is 0.152. The lowest BCUT2D eigenvalue weighted by Crippen LogP contribution is -2.16. The molecular formula is C21H19N3O3S. The highest BCUT2D eigenvalue weighted by atomic mass is 32.1. The van der Waals surface area contributed by atoms with Gasteiger partial charge in [0.25, 0.3) is 11.8 Å². The molecule has 2 amide bonds. The summed E-state index contributed by atoms with van der Waals surface area (Å²) in [5, 5.41) is 6.18. The predicted molar refractivity (Wildman–Crippen MR) is 112 cm³/mol. The first-order valence-electron chi connectivity index (χ1n) is 8.50. The van der Waals surface area contributed by atoms with Gasteiger partial charge in [0.2, 0.25) is 0 Å². The van der Waals surface area contributed by atoms with Gasteiger partial charge in [-0.1, -0.05) is 18.2 Å². The third-order valence-electron chi connectivity index (χ3n) is 3.89. The Labute approximate surface area is 166 Å². The van der Waals surface area contributed by atoms with Gasteiger partial charge in [0.15, 0.2) is 0 Å². The summed E-state index contributed by atoms with van der Waals surface area (Å²) in [6.45, 7) is 0. The number of anilines is 1. The molecule has 142 valence electrons. The van der Waals surface area contributed by atoms with E-state index in [-0.39, 0.29) is 11.8 Å². The zero-order valence-corrected chi connectivity index (χ0v) is 16.2. The molecule has 1 aromatic heterocycles. The van der Waals surface area contributed by atoms with Crippen LogP contribution in [-0.4, -0.2) is 31.0 Å². The maximum Gasteiger partial charge on any atom is 0.262 e. The summed E-state index contributed by atoms with van der Waals surface area (Å²) in [4.78, 5) is 28.7. The standard InChI is InChI=1S/C21H19N3O3S/c1-22-21(26)18-13-23-19(28-18)11-6-14-4-3-5-16(12-14)24-20(25)15-7-9-17(27-2)10-8-15/h3-13H,1-2H3,(H,22,26)(H,24,25)/b11-6+. The average Bonchev–Trinajstić information content (AvgIpc) is 3.21. The van der Waals surface area contributed by atoms with Crippen LogP contribution in [-0.2, 0) is 0 Å². The first-order valence-corrected chi connectivity index (χ1v) is 9.32. The zero-order valence-electron chi connectivity index (χ0n) is 15.4. The monoisotopic (exact) mass is 393 g/mol. The number of carbonyl (C=O) groups excluding carboxylic acids is 2. The largest absolute Gasteiger partial charge is 0.497 e. The molecule has 28 heavy (non-hydrogen) atoms. The highest BCUT2D eigenvalue weighted by molar-refractivity contribution is 7.14. The lowest BCUT2D eigenvalue weighted by molar-refractivity contribution is 0.0965. The maximum absolute atomic E-state index is 12.4. The number of nitrogens with one attached hydrogen (secondary N) is 2. The molecule has 1 heterocycles. The molecule has 7 heteroatoms. The Balaban J connectivity index is 1.68. The van der Waals surface area contributed by atoms with Crippen LogP contribution in [0.5, 0.6) is 5.75 Å². The topological polar surface area (TPSA) is 80.3 Å². The van der Waals surface area contributed by atoms with Gasteiger partial charge in [0.1, 0.15) is 15.6 Å². The molecule has 0 atom stereocenters. The van der Waals surface area contributed by atoms with Gasteiger partial charge in [-0.05, 0) is 48.0 Å². The number of methoxy groups -OCH3 is 1. The summed E-state index contributed by atoms with van der Waals surface area (Å²) in [6, 6.07) is 14.4. The smallest absolute Gasteiger partial charge is 0.262 e. The summed E-state index contributed by atoms with van der Waals surface area (Å²) in [5.74, 6) is 0.352. The molecule has 3 aromatic rings. The molecule has 0 aliphatic heterocycles. The van der Waals surface area contributed by atoms with Crippen molar-refractivity contribution in [1.29, 1.82) is 0 Å². The Morgan fingerprint density at radius 3 is 2.57 bits per heavy atom. The third kappa shape index (κ3) is 4.83. The highest BCUT2D eigenvalue weighted by Crippen LogP contribution is 2.18. The van der Waals surface area contributed by atoms with Crippen LogP contribution in [0.3, 0.4) is 0 Å². The fourth-order valence-electron chi connectivity index (χ4n) is 2.43. The number of rotatable bonds is 6. The van der Waals surface area contributed by atoms with E-state index in [0.717, 1.165) is 10.6 Å². The molecule has 0 spiro atoms. The lowest BCUT2D eigenvalue weighted by Gasteiger charge is -2.07. The van der Waals surface area contributed by atoms with Crippen molar-refractivity contribution < 1.29 is 14.3 Å². The number of carbonyl (C=O) groups is 2. The summed E-state index contributed by atoms with van der Waals surface area (Å²) < 4.78 is 5.10. The van der Waals surface area contributed by atoms with Gasteiger partial charge in [0, 0.05) is 18.3 Å². The quantitative estimate of drug-likeness (QED) is 0.665. The molecule has 2 aromatic carbocycles. The Bertz CT molecular complexity index is 1010. The van der Waals surface area contributed by atoms with Gasteiger partial charge in [-0.2, -0.15) is 0 Å². The molecular weight excluding hydrogens is 374 g/mol. The van der Waals surface area contributed by atoms with Crippen LogP contribution in [0.4, 0.5) is 5.69 Å². The van der Waals surface area contributed by atoms with Gasteiger partial charge in [-0.3, -0.25) is 9.59 Å². The van der Waals surface area contributed by atoms with Crippen molar-refractivity contribution in [3.63, 3.8) is 0 Å². The third-order valence-corrected chi connectivity index (χ3v) is 4.85. The summed E-state index contributed by atoms with van der Waals surface area (Å²) in [6.07, 6.45) is 5.27. The van der Waals surface area contributed by atoms with Gasteiger partial charge >= 0.3 is 0 Å². The molecule has 0 aliphatic carbocycles. The number of ether oxygens (including phenoxy) is 1. The van der Waals surface area contributed by atoms with Gasteiger partial charge < -0.3 is 15.4 Å². The van der Waals surface area contributed by atoms with E-state index in [2.05, 4.69) is 15.6 Å². The first kappa shape index (κ1) is 19.3.